The molecular formula is C26H34N2O2S. The van der Waals surface area contributed by atoms with Gasteiger partial charge in [-0.1, -0.05) is 62.4 Å². The summed E-state index contributed by atoms with van der Waals surface area (Å²) in [7, 11) is 0. The highest BCUT2D eigenvalue weighted by Crippen LogP contribution is 2.38. The molecule has 1 N–H and O–H groups in total. The fourth-order valence-electron chi connectivity index (χ4n) is 5.92. The van der Waals surface area contributed by atoms with Gasteiger partial charge in [0.1, 0.15) is 6.10 Å². The number of amides is 1. The van der Waals surface area contributed by atoms with Gasteiger partial charge in [-0.25, -0.2) is 4.79 Å². The first-order chi connectivity index (χ1) is 15.3. The summed E-state index contributed by atoms with van der Waals surface area (Å²) in [5.41, 5.74) is 1.96. The SMILES string of the molecule is O=C(Nc1ccsc1-c1ccccc1)OC1CN2CCC1CC2CCC1CCCCC1. The van der Waals surface area contributed by atoms with Gasteiger partial charge >= 0.3 is 6.09 Å². The molecule has 3 saturated heterocycles. The van der Waals surface area contributed by atoms with Gasteiger partial charge in [0.05, 0.1) is 10.6 Å². The Labute approximate surface area is 190 Å². The lowest BCUT2D eigenvalue weighted by Crippen LogP contribution is -2.57. The standard InChI is InChI=1S/C26H34N2O2S/c29-26(27-23-14-16-31-25(23)20-9-5-2-6-10-20)30-24-18-28-15-13-21(24)17-22(28)12-11-19-7-3-1-4-8-19/h2,5-6,9-10,14,16,19,21-22,24H,1,3-4,7-8,11-13,15,17-18H2,(H,27,29). The summed E-state index contributed by atoms with van der Waals surface area (Å²) < 4.78 is 5.95. The van der Waals surface area contributed by atoms with E-state index >= 15 is 0 Å². The highest BCUT2D eigenvalue weighted by atomic mass is 32.1. The summed E-state index contributed by atoms with van der Waals surface area (Å²) >= 11 is 1.64. The first-order valence-electron chi connectivity index (χ1n) is 12.1. The smallest absolute Gasteiger partial charge is 0.411 e. The number of piperidine rings is 3. The Kier molecular flexibility index (Phi) is 6.61. The molecule has 3 aliphatic heterocycles. The normalized spacial score (nSPS) is 28.4. The van der Waals surface area contributed by atoms with Crippen LogP contribution in [0, 0.1) is 11.8 Å². The molecule has 0 spiro atoms. The minimum Gasteiger partial charge on any atom is -0.444 e. The van der Waals surface area contributed by atoms with Crippen molar-refractivity contribution in [2.75, 3.05) is 18.4 Å². The van der Waals surface area contributed by atoms with Gasteiger partial charge in [-0.3, -0.25) is 10.2 Å². The third-order valence-corrected chi connectivity index (χ3v) is 8.61. The van der Waals surface area contributed by atoms with E-state index in [4.69, 9.17) is 4.74 Å². The number of carbonyl (C=O) groups excluding carboxylic acids is 1. The van der Waals surface area contributed by atoms with Crippen molar-refractivity contribution in [3.8, 4) is 10.4 Å². The molecule has 4 nitrogen and oxygen atoms in total. The summed E-state index contributed by atoms with van der Waals surface area (Å²) in [5, 5.41) is 5.02. The van der Waals surface area contributed by atoms with Crippen LogP contribution in [0.4, 0.5) is 10.5 Å². The fourth-order valence-corrected chi connectivity index (χ4v) is 6.78. The van der Waals surface area contributed by atoms with Crippen LogP contribution in [0.3, 0.4) is 0 Å². The maximum absolute atomic E-state index is 12.7. The van der Waals surface area contributed by atoms with Gasteiger partial charge in [0.15, 0.2) is 0 Å². The van der Waals surface area contributed by atoms with Crippen LogP contribution in [0.1, 0.15) is 57.8 Å². The number of benzene rings is 1. The van der Waals surface area contributed by atoms with Crippen molar-refractivity contribution in [2.24, 2.45) is 11.8 Å². The molecule has 1 amide bonds. The Hall–Kier alpha value is -1.85. The van der Waals surface area contributed by atoms with Crippen molar-refractivity contribution in [3.63, 3.8) is 0 Å². The van der Waals surface area contributed by atoms with E-state index in [-0.39, 0.29) is 12.2 Å². The van der Waals surface area contributed by atoms with Crippen LogP contribution in [0.5, 0.6) is 0 Å². The van der Waals surface area contributed by atoms with E-state index in [0.29, 0.717) is 12.0 Å². The van der Waals surface area contributed by atoms with Crippen molar-refractivity contribution in [1.29, 1.82) is 0 Å². The van der Waals surface area contributed by atoms with Crippen LogP contribution in [-0.2, 0) is 4.74 Å². The predicted octanol–water partition coefficient (Wildman–Crippen LogP) is 6.79. The quantitative estimate of drug-likeness (QED) is 0.540. The highest BCUT2D eigenvalue weighted by molar-refractivity contribution is 7.14. The van der Waals surface area contributed by atoms with E-state index in [0.717, 1.165) is 35.0 Å². The zero-order chi connectivity index (χ0) is 21.0. The lowest BCUT2D eigenvalue weighted by Gasteiger charge is -2.49. The Morgan fingerprint density at radius 2 is 1.90 bits per heavy atom. The van der Waals surface area contributed by atoms with E-state index in [1.165, 1.54) is 57.9 Å². The van der Waals surface area contributed by atoms with Crippen molar-refractivity contribution in [3.05, 3.63) is 41.8 Å². The van der Waals surface area contributed by atoms with Crippen LogP contribution in [0.25, 0.3) is 10.4 Å². The molecule has 4 heterocycles. The summed E-state index contributed by atoms with van der Waals surface area (Å²) in [6.45, 7) is 2.08. The van der Waals surface area contributed by atoms with Gasteiger partial charge in [0.25, 0.3) is 0 Å². The van der Waals surface area contributed by atoms with Crippen LogP contribution in [0.2, 0.25) is 0 Å². The lowest BCUT2D eigenvalue weighted by atomic mass is 9.77. The van der Waals surface area contributed by atoms with Crippen molar-refractivity contribution in [2.45, 2.75) is 69.9 Å². The van der Waals surface area contributed by atoms with E-state index in [1.807, 2.05) is 29.6 Å². The summed E-state index contributed by atoms with van der Waals surface area (Å²) in [6.07, 6.45) is 12.0. The van der Waals surface area contributed by atoms with Crippen LogP contribution >= 0.6 is 11.3 Å². The van der Waals surface area contributed by atoms with Gasteiger partial charge < -0.3 is 4.74 Å². The number of thiophene rings is 1. The predicted molar refractivity (Wildman–Crippen MR) is 128 cm³/mol. The zero-order valence-electron chi connectivity index (χ0n) is 18.3. The average Bonchev–Trinajstić information content (AvgIpc) is 3.27. The second kappa shape index (κ2) is 9.74. The number of ether oxygens (including phenoxy) is 1. The van der Waals surface area contributed by atoms with Gasteiger partial charge in [-0.05, 0) is 61.1 Å². The average molecular weight is 439 g/mol. The van der Waals surface area contributed by atoms with Gasteiger partial charge in [-0.15, -0.1) is 11.3 Å². The number of carbonyl (C=O) groups is 1. The third-order valence-electron chi connectivity index (χ3n) is 7.65. The molecule has 0 radical (unpaired) electrons. The van der Waals surface area contributed by atoms with Crippen LogP contribution in [0.15, 0.2) is 41.8 Å². The summed E-state index contributed by atoms with van der Waals surface area (Å²) in [6, 6.07) is 12.9. The monoisotopic (exact) mass is 438 g/mol. The Bertz CT molecular complexity index is 861. The zero-order valence-corrected chi connectivity index (χ0v) is 19.1. The molecule has 1 aromatic carbocycles. The fraction of sp³-hybridized carbons (Fsp3) is 0.577. The van der Waals surface area contributed by atoms with Crippen LogP contribution in [-0.4, -0.2) is 36.2 Å². The molecule has 31 heavy (non-hydrogen) atoms. The Morgan fingerprint density at radius 3 is 2.68 bits per heavy atom. The number of fused-ring (bicyclic) bond motifs is 3. The van der Waals surface area contributed by atoms with Crippen molar-refractivity contribution < 1.29 is 9.53 Å². The largest absolute Gasteiger partial charge is 0.444 e. The molecule has 5 heteroatoms. The molecule has 1 aromatic heterocycles. The molecule has 1 saturated carbocycles. The summed E-state index contributed by atoms with van der Waals surface area (Å²) in [5.74, 6) is 1.47. The highest BCUT2D eigenvalue weighted by Gasteiger charge is 2.42. The number of rotatable bonds is 6. The number of hydrogen-bond donors (Lipinski definition) is 1. The second-order valence-corrected chi connectivity index (χ2v) is 10.5. The molecule has 4 fully saturated rings. The van der Waals surface area contributed by atoms with E-state index in [2.05, 4.69) is 22.3 Å². The molecule has 166 valence electrons. The van der Waals surface area contributed by atoms with Gasteiger partial charge in [-0.2, -0.15) is 0 Å². The number of nitrogens with one attached hydrogen (secondary N) is 1. The molecule has 6 rings (SSSR count). The first-order valence-corrected chi connectivity index (χ1v) is 13.0. The minimum absolute atomic E-state index is 0.0264. The van der Waals surface area contributed by atoms with Crippen molar-refractivity contribution in [1.82, 2.24) is 4.90 Å². The van der Waals surface area contributed by atoms with E-state index in [1.54, 1.807) is 11.3 Å². The first kappa shape index (κ1) is 21.0. The molecule has 1 aliphatic carbocycles. The molecule has 2 bridgehead atoms. The summed E-state index contributed by atoms with van der Waals surface area (Å²) in [4.78, 5) is 16.4. The maximum Gasteiger partial charge on any atom is 0.411 e. The van der Waals surface area contributed by atoms with Gasteiger partial charge in [0.2, 0.25) is 0 Å². The third kappa shape index (κ3) is 4.98. The van der Waals surface area contributed by atoms with E-state index < -0.39 is 0 Å². The Balaban J connectivity index is 1.13. The number of anilines is 1. The van der Waals surface area contributed by atoms with Crippen molar-refractivity contribution >= 4 is 23.1 Å². The molecule has 2 aromatic rings. The van der Waals surface area contributed by atoms with Crippen LogP contribution < -0.4 is 5.32 Å². The van der Waals surface area contributed by atoms with Gasteiger partial charge in [0, 0.05) is 12.6 Å². The number of hydrogen-bond acceptors (Lipinski definition) is 4. The molecular weight excluding hydrogens is 404 g/mol. The Morgan fingerprint density at radius 1 is 1.06 bits per heavy atom. The second-order valence-electron chi connectivity index (χ2n) is 9.61. The minimum atomic E-state index is -0.312. The molecule has 4 aliphatic rings. The molecule has 4 atom stereocenters. The van der Waals surface area contributed by atoms with E-state index in [9.17, 15) is 4.79 Å². The molecule has 4 unspecified atom stereocenters. The lowest BCUT2D eigenvalue weighted by molar-refractivity contribution is -0.0611. The maximum atomic E-state index is 12.7. The number of nitrogens with zero attached hydrogens (tertiary/aromatic N) is 1. The topological polar surface area (TPSA) is 41.6 Å².